The Hall–Kier alpha value is -1.42. The lowest BCUT2D eigenvalue weighted by atomic mass is 10.0. The summed E-state index contributed by atoms with van der Waals surface area (Å²) >= 11 is 0. The summed E-state index contributed by atoms with van der Waals surface area (Å²) in [7, 11) is 3.02. The number of aliphatic hydroxyl groups excluding tert-OH is 1. The first-order chi connectivity index (χ1) is 7.13. The Bertz CT molecular complexity index is 336. The molecule has 1 atom stereocenters. The number of phenolic OH excluding ortho intramolecular Hbond substituents is 1. The topological polar surface area (TPSA) is 58.9 Å². The van der Waals surface area contributed by atoms with E-state index in [9.17, 15) is 5.11 Å². The molecule has 0 spiro atoms. The minimum absolute atomic E-state index is 0.00211. The van der Waals surface area contributed by atoms with Crippen molar-refractivity contribution in [1.29, 1.82) is 0 Å². The van der Waals surface area contributed by atoms with E-state index in [-0.39, 0.29) is 18.3 Å². The van der Waals surface area contributed by atoms with Crippen LogP contribution in [-0.2, 0) is 0 Å². The van der Waals surface area contributed by atoms with Crippen LogP contribution in [0.4, 0.5) is 0 Å². The second kappa shape index (κ2) is 4.89. The van der Waals surface area contributed by atoms with E-state index in [4.69, 9.17) is 14.6 Å². The summed E-state index contributed by atoms with van der Waals surface area (Å²) in [4.78, 5) is 0. The van der Waals surface area contributed by atoms with Gasteiger partial charge in [-0.05, 0) is 6.07 Å². The number of aliphatic hydroxyl groups is 1. The third kappa shape index (κ3) is 2.33. The standard InChI is InChI=1S/C11H16O4/c1-7(6-12)8-4-9(13)11(15-3)5-10(8)14-2/h4-5,7,12-13H,6H2,1-3H3. The van der Waals surface area contributed by atoms with Crippen LogP contribution < -0.4 is 9.47 Å². The Morgan fingerprint density at radius 1 is 1.20 bits per heavy atom. The predicted molar refractivity (Wildman–Crippen MR) is 56.7 cm³/mol. The van der Waals surface area contributed by atoms with Crippen LogP contribution in [0, 0.1) is 0 Å². The van der Waals surface area contributed by atoms with E-state index in [1.807, 2.05) is 6.92 Å². The molecule has 2 N–H and O–H groups in total. The van der Waals surface area contributed by atoms with Crippen LogP contribution in [0.5, 0.6) is 17.2 Å². The number of aromatic hydroxyl groups is 1. The Morgan fingerprint density at radius 3 is 2.27 bits per heavy atom. The molecule has 1 rings (SSSR count). The van der Waals surface area contributed by atoms with Gasteiger partial charge in [-0.1, -0.05) is 6.92 Å². The molecule has 4 heteroatoms. The molecule has 84 valence electrons. The lowest BCUT2D eigenvalue weighted by Gasteiger charge is -2.15. The summed E-state index contributed by atoms with van der Waals surface area (Å²) < 4.78 is 10.1. The maximum Gasteiger partial charge on any atom is 0.164 e. The van der Waals surface area contributed by atoms with Crippen molar-refractivity contribution in [2.24, 2.45) is 0 Å². The summed E-state index contributed by atoms with van der Waals surface area (Å²) in [5.41, 5.74) is 0.762. The molecule has 0 fully saturated rings. The predicted octanol–water partition coefficient (Wildman–Crippen LogP) is 1.51. The number of phenols is 1. The van der Waals surface area contributed by atoms with Gasteiger partial charge in [0.25, 0.3) is 0 Å². The minimum atomic E-state index is -0.0863. The van der Waals surface area contributed by atoms with E-state index in [2.05, 4.69) is 0 Å². The van der Waals surface area contributed by atoms with E-state index in [0.29, 0.717) is 11.5 Å². The molecule has 0 saturated heterocycles. The highest BCUT2D eigenvalue weighted by molar-refractivity contribution is 5.51. The zero-order valence-corrected chi connectivity index (χ0v) is 9.15. The Kier molecular flexibility index (Phi) is 3.80. The Labute approximate surface area is 89.1 Å². The summed E-state index contributed by atoms with van der Waals surface area (Å²) in [6.45, 7) is 1.85. The van der Waals surface area contributed by atoms with E-state index >= 15 is 0 Å². The molecular formula is C11H16O4. The second-order valence-electron chi connectivity index (χ2n) is 3.35. The normalized spacial score (nSPS) is 12.3. The van der Waals surface area contributed by atoms with Crippen LogP contribution in [0.1, 0.15) is 18.4 Å². The molecule has 0 bridgehead atoms. The van der Waals surface area contributed by atoms with Crippen LogP contribution >= 0.6 is 0 Å². The number of benzene rings is 1. The lowest BCUT2D eigenvalue weighted by Crippen LogP contribution is -2.02. The average molecular weight is 212 g/mol. The molecule has 0 aromatic heterocycles. The van der Waals surface area contributed by atoms with Crippen LogP contribution in [0.25, 0.3) is 0 Å². The fourth-order valence-electron chi connectivity index (χ4n) is 1.39. The van der Waals surface area contributed by atoms with Gasteiger partial charge in [0.2, 0.25) is 0 Å². The van der Waals surface area contributed by atoms with Gasteiger partial charge in [-0.25, -0.2) is 0 Å². The third-order valence-electron chi connectivity index (χ3n) is 2.34. The van der Waals surface area contributed by atoms with Crippen molar-refractivity contribution in [3.05, 3.63) is 17.7 Å². The maximum atomic E-state index is 9.59. The van der Waals surface area contributed by atoms with Crippen molar-refractivity contribution >= 4 is 0 Å². The minimum Gasteiger partial charge on any atom is -0.504 e. The SMILES string of the molecule is COc1cc(OC)c(C(C)CO)cc1O. The quantitative estimate of drug-likeness (QED) is 0.794. The monoisotopic (exact) mass is 212 g/mol. The van der Waals surface area contributed by atoms with E-state index in [1.165, 1.54) is 7.11 Å². The number of ether oxygens (including phenoxy) is 2. The van der Waals surface area contributed by atoms with Crippen molar-refractivity contribution in [1.82, 2.24) is 0 Å². The van der Waals surface area contributed by atoms with Crippen LogP contribution in [0.2, 0.25) is 0 Å². The molecule has 0 aliphatic carbocycles. The molecule has 1 aromatic carbocycles. The molecule has 1 aromatic rings. The molecule has 0 aliphatic heterocycles. The molecule has 15 heavy (non-hydrogen) atoms. The van der Waals surface area contributed by atoms with Crippen molar-refractivity contribution in [3.8, 4) is 17.2 Å². The number of hydrogen-bond donors (Lipinski definition) is 2. The molecule has 0 radical (unpaired) electrons. The number of hydrogen-bond acceptors (Lipinski definition) is 4. The largest absolute Gasteiger partial charge is 0.504 e. The highest BCUT2D eigenvalue weighted by atomic mass is 16.5. The van der Waals surface area contributed by atoms with Gasteiger partial charge in [0.15, 0.2) is 11.5 Å². The molecule has 0 aliphatic rings. The highest BCUT2D eigenvalue weighted by Crippen LogP contribution is 2.37. The Morgan fingerprint density at radius 2 is 1.80 bits per heavy atom. The van der Waals surface area contributed by atoms with Crippen molar-refractivity contribution < 1.29 is 19.7 Å². The first kappa shape index (κ1) is 11.7. The van der Waals surface area contributed by atoms with Gasteiger partial charge in [-0.15, -0.1) is 0 Å². The Balaban J connectivity index is 3.21. The molecule has 1 unspecified atom stereocenters. The zero-order valence-electron chi connectivity index (χ0n) is 9.15. The molecule has 0 heterocycles. The van der Waals surface area contributed by atoms with Gasteiger partial charge in [0, 0.05) is 24.2 Å². The average Bonchev–Trinajstić information content (AvgIpc) is 2.27. The maximum absolute atomic E-state index is 9.59. The first-order valence-electron chi connectivity index (χ1n) is 4.69. The van der Waals surface area contributed by atoms with E-state index in [1.54, 1.807) is 19.2 Å². The van der Waals surface area contributed by atoms with Gasteiger partial charge < -0.3 is 19.7 Å². The van der Waals surface area contributed by atoms with E-state index < -0.39 is 0 Å². The molecule has 0 amide bonds. The fraction of sp³-hybridized carbons (Fsp3) is 0.455. The molecule has 4 nitrogen and oxygen atoms in total. The van der Waals surface area contributed by atoms with Crippen LogP contribution in [-0.4, -0.2) is 31.0 Å². The number of rotatable bonds is 4. The van der Waals surface area contributed by atoms with Crippen molar-refractivity contribution in [2.75, 3.05) is 20.8 Å². The second-order valence-corrected chi connectivity index (χ2v) is 3.35. The first-order valence-corrected chi connectivity index (χ1v) is 4.69. The summed E-state index contributed by atoms with van der Waals surface area (Å²) in [6.07, 6.45) is 0. The van der Waals surface area contributed by atoms with E-state index in [0.717, 1.165) is 5.56 Å². The summed E-state index contributed by atoms with van der Waals surface area (Å²) in [5, 5.41) is 18.7. The lowest BCUT2D eigenvalue weighted by molar-refractivity contribution is 0.269. The van der Waals surface area contributed by atoms with Gasteiger partial charge in [0.05, 0.1) is 14.2 Å². The van der Waals surface area contributed by atoms with Crippen molar-refractivity contribution in [2.45, 2.75) is 12.8 Å². The smallest absolute Gasteiger partial charge is 0.164 e. The number of methoxy groups -OCH3 is 2. The molecule has 0 saturated carbocycles. The van der Waals surface area contributed by atoms with Gasteiger partial charge >= 0.3 is 0 Å². The van der Waals surface area contributed by atoms with Crippen LogP contribution in [0.3, 0.4) is 0 Å². The van der Waals surface area contributed by atoms with Gasteiger partial charge in [0.1, 0.15) is 5.75 Å². The molecular weight excluding hydrogens is 196 g/mol. The van der Waals surface area contributed by atoms with Gasteiger partial charge in [-0.2, -0.15) is 0 Å². The van der Waals surface area contributed by atoms with Crippen LogP contribution in [0.15, 0.2) is 12.1 Å². The zero-order chi connectivity index (χ0) is 11.4. The highest BCUT2D eigenvalue weighted by Gasteiger charge is 2.14. The summed E-state index contributed by atoms with van der Waals surface area (Å²) in [6, 6.07) is 3.16. The summed E-state index contributed by atoms with van der Waals surface area (Å²) in [5.74, 6) is 0.928. The fourth-order valence-corrected chi connectivity index (χ4v) is 1.39. The van der Waals surface area contributed by atoms with Gasteiger partial charge in [-0.3, -0.25) is 0 Å². The van der Waals surface area contributed by atoms with Crippen molar-refractivity contribution in [3.63, 3.8) is 0 Å². The third-order valence-corrected chi connectivity index (χ3v) is 2.34.